The molecular formula is C22H25N3O6S. The van der Waals surface area contributed by atoms with Crippen molar-refractivity contribution in [1.29, 1.82) is 0 Å². The lowest BCUT2D eigenvalue weighted by Gasteiger charge is -2.10. The van der Waals surface area contributed by atoms with Crippen molar-refractivity contribution in [1.82, 2.24) is 10.6 Å². The second kappa shape index (κ2) is 12.4. The summed E-state index contributed by atoms with van der Waals surface area (Å²) >= 11 is 1.17. The molecule has 1 heterocycles. The number of esters is 1. The zero-order valence-electron chi connectivity index (χ0n) is 18.0. The highest BCUT2D eigenvalue weighted by Crippen LogP contribution is 2.36. The van der Waals surface area contributed by atoms with E-state index in [1.165, 1.54) is 24.5 Å². The molecule has 0 unspecified atom stereocenters. The average molecular weight is 460 g/mol. The Kier molecular flexibility index (Phi) is 9.58. The zero-order chi connectivity index (χ0) is 23.5. The van der Waals surface area contributed by atoms with Crippen molar-refractivity contribution in [3.63, 3.8) is 0 Å². The van der Waals surface area contributed by atoms with Gasteiger partial charge in [-0.1, -0.05) is 35.9 Å². The highest BCUT2D eigenvalue weighted by atomic mass is 32.1. The van der Waals surface area contributed by atoms with Crippen LogP contribution in [0.4, 0.5) is 9.80 Å². The molecule has 0 aliphatic carbocycles. The third-order valence-corrected chi connectivity index (χ3v) is 4.81. The van der Waals surface area contributed by atoms with Crippen LogP contribution in [0.2, 0.25) is 0 Å². The molecule has 0 atom stereocenters. The summed E-state index contributed by atoms with van der Waals surface area (Å²) in [7, 11) is 1.48. The number of allylic oxidation sites excluding steroid dienone is 1. The maximum absolute atomic E-state index is 12.8. The minimum atomic E-state index is -0.799. The number of nitrogens with one attached hydrogen (secondary N) is 3. The number of anilines is 1. The van der Waals surface area contributed by atoms with Gasteiger partial charge >= 0.3 is 12.0 Å². The Morgan fingerprint density at radius 2 is 1.81 bits per heavy atom. The average Bonchev–Trinajstić information content (AvgIpc) is 3.15. The third kappa shape index (κ3) is 7.64. The van der Waals surface area contributed by atoms with Gasteiger partial charge in [-0.2, -0.15) is 0 Å². The number of carbonyl (C=O) groups is 4. The van der Waals surface area contributed by atoms with Crippen LogP contribution < -0.4 is 16.0 Å². The van der Waals surface area contributed by atoms with E-state index in [1.807, 2.05) is 30.3 Å². The summed E-state index contributed by atoms with van der Waals surface area (Å²) in [5.41, 5.74) is 2.24. The van der Waals surface area contributed by atoms with Gasteiger partial charge in [0.05, 0.1) is 6.61 Å². The molecule has 2 rings (SSSR count). The second-order valence-electron chi connectivity index (χ2n) is 6.80. The third-order valence-electron chi connectivity index (χ3n) is 3.92. The predicted molar refractivity (Wildman–Crippen MR) is 122 cm³/mol. The summed E-state index contributed by atoms with van der Waals surface area (Å²) in [6.07, 6.45) is 1.41. The second-order valence-corrected chi connectivity index (χ2v) is 7.68. The van der Waals surface area contributed by atoms with Gasteiger partial charge in [-0.15, -0.1) is 11.3 Å². The molecule has 1 aromatic carbocycles. The summed E-state index contributed by atoms with van der Waals surface area (Å²) in [5, 5.41) is 9.19. The summed E-state index contributed by atoms with van der Waals surface area (Å²) in [5.74, 6) is -1.97. The number of ether oxygens (including phenoxy) is 2. The molecule has 9 nitrogen and oxygen atoms in total. The number of benzene rings is 1. The minimum Gasteiger partial charge on any atom is -0.452 e. The van der Waals surface area contributed by atoms with Gasteiger partial charge in [0, 0.05) is 30.7 Å². The van der Waals surface area contributed by atoms with Crippen LogP contribution in [0.25, 0.3) is 11.1 Å². The molecule has 1 aromatic heterocycles. The Labute approximate surface area is 189 Å². The number of imide groups is 1. The van der Waals surface area contributed by atoms with E-state index in [2.05, 4.69) is 16.0 Å². The van der Waals surface area contributed by atoms with Crippen molar-refractivity contribution in [2.45, 2.75) is 13.8 Å². The number of hydrogen-bond donors (Lipinski definition) is 3. The Morgan fingerprint density at radius 1 is 1.09 bits per heavy atom. The van der Waals surface area contributed by atoms with Gasteiger partial charge in [-0.05, 0) is 19.4 Å². The van der Waals surface area contributed by atoms with E-state index < -0.39 is 24.5 Å². The molecule has 3 N–H and O–H groups in total. The summed E-state index contributed by atoms with van der Waals surface area (Å²) in [6, 6.07) is 8.39. The number of methoxy groups -OCH3 is 1. The van der Waals surface area contributed by atoms with Crippen LogP contribution in [0, 0.1) is 0 Å². The fourth-order valence-electron chi connectivity index (χ4n) is 2.57. The van der Waals surface area contributed by atoms with Crippen LogP contribution in [0.3, 0.4) is 0 Å². The standard InChI is InChI=1S/C22H25N3O6S/c1-14(2)11-17(26)24-20-19(16(13-32-20)15-7-5-4-6-8-15)21(28)31-12-18(27)25-22(29)23-9-10-30-3/h4-8,11,13H,9-10,12H2,1-3H3,(H,24,26)(H2,23,25,27,29). The van der Waals surface area contributed by atoms with Gasteiger partial charge in [-0.3, -0.25) is 14.9 Å². The molecule has 0 saturated carbocycles. The van der Waals surface area contributed by atoms with E-state index in [-0.39, 0.29) is 24.6 Å². The number of thiophene rings is 1. The van der Waals surface area contributed by atoms with Crippen molar-refractivity contribution in [3.05, 3.63) is 52.9 Å². The SMILES string of the molecule is COCCNC(=O)NC(=O)COC(=O)c1c(-c2ccccc2)csc1NC(=O)C=C(C)C. The molecular weight excluding hydrogens is 434 g/mol. The molecule has 170 valence electrons. The molecule has 0 saturated heterocycles. The Bertz CT molecular complexity index is 996. The van der Waals surface area contributed by atoms with Crippen molar-refractivity contribution < 1.29 is 28.7 Å². The van der Waals surface area contributed by atoms with Gasteiger partial charge in [0.15, 0.2) is 6.61 Å². The zero-order valence-corrected chi connectivity index (χ0v) is 18.8. The molecule has 0 fully saturated rings. The van der Waals surface area contributed by atoms with Gasteiger partial charge < -0.3 is 20.1 Å². The maximum Gasteiger partial charge on any atom is 0.342 e. The molecule has 4 amide bonds. The van der Waals surface area contributed by atoms with Crippen LogP contribution in [0.5, 0.6) is 0 Å². The van der Waals surface area contributed by atoms with Gasteiger partial charge in [0.2, 0.25) is 5.91 Å². The highest BCUT2D eigenvalue weighted by molar-refractivity contribution is 7.15. The van der Waals surface area contributed by atoms with Crippen LogP contribution >= 0.6 is 11.3 Å². The van der Waals surface area contributed by atoms with Crippen LogP contribution in [-0.4, -0.2) is 50.7 Å². The number of hydrogen-bond acceptors (Lipinski definition) is 7. The quantitative estimate of drug-likeness (QED) is 0.301. The maximum atomic E-state index is 12.8. The van der Waals surface area contributed by atoms with Crippen molar-refractivity contribution in [2.75, 3.05) is 32.2 Å². The molecule has 0 radical (unpaired) electrons. The summed E-state index contributed by atoms with van der Waals surface area (Å²) < 4.78 is 9.92. The smallest absolute Gasteiger partial charge is 0.342 e. The fraction of sp³-hybridized carbons (Fsp3) is 0.273. The van der Waals surface area contributed by atoms with Gasteiger partial charge in [-0.25, -0.2) is 9.59 Å². The molecule has 32 heavy (non-hydrogen) atoms. The number of urea groups is 1. The predicted octanol–water partition coefficient (Wildman–Crippen LogP) is 2.95. The Hall–Kier alpha value is -3.50. The monoisotopic (exact) mass is 459 g/mol. The van der Waals surface area contributed by atoms with Gasteiger partial charge in [0.1, 0.15) is 10.6 Å². The highest BCUT2D eigenvalue weighted by Gasteiger charge is 2.23. The number of amides is 4. The van der Waals surface area contributed by atoms with Gasteiger partial charge in [0.25, 0.3) is 5.91 Å². The van der Waals surface area contributed by atoms with Crippen LogP contribution in [0.15, 0.2) is 47.4 Å². The normalized spacial score (nSPS) is 10.1. The molecule has 10 heteroatoms. The van der Waals surface area contributed by atoms with E-state index >= 15 is 0 Å². The molecule has 0 bridgehead atoms. The molecule has 0 spiro atoms. The first kappa shape index (κ1) is 24.8. The number of carbonyl (C=O) groups excluding carboxylic acids is 4. The summed E-state index contributed by atoms with van der Waals surface area (Å²) in [4.78, 5) is 48.6. The van der Waals surface area contributed by atoms with E-state index in [1.54, 1.807) is 19.2 Å². The fourth-order valence-corrected chi connectivity index (χ4v) is 3.53. The van der Waals surface area contributed by atoms with Crippen LogP contribution in [-0.2, 0) is 19.1 Å². The summed E-state index contributed by atoms with van der Waals surface area (Å²) in [6.45, 7) is 3.41. The lowest BCUT2D eigenvalue weighted by molar-refractivity contribution is -0.123. The minimum absolute atomic E-state index is 0.133. The number of rotatable bonds is 9. The molecule has 2 aromatic rings. The molecule has 0 aliphatic heterocycles. The topological polar surface area (TPSA) is 123 Å². The molecule has 0 aliphatic rings. The van der Waals surface area contributed by atoms with E-state index in [9.17, 15) is 19.2 Å². The first-order valence-electron chi connectivity index (χ1n) is 9.68. The van der Waals surface area contributed by atoms with Crippen LogP contribution in [0.1, 0.15) is 24.2 Å². The van der Waals surface area contributed by atoms with E-state index in [0.29, 0.717) is 10.6 Å². The Balaban J connectivity index is 2.14. The lowest BCUT2D eigenvalue weighted by atomic mass is 10.0. The Morgan fingerprint density at radius 3 is 2.47 bits per heavy atom. The van der Waals surface area contributed by atoms with E-state index in [0.717, 1.165) is 11.1 Å². The lowest BCUT2D eigenvalue weighted by Crippen LogP contribution is -2.42. The van der Waals surface area contributed by atoms with Crippen molar-refractivity contribution >= 4 is 40.2 Å². The first-order valence-corrected chi connectivity index (χ1v) is 10.6. The van der Waals surface area contributed by atoms with Crippen molar-refractivity contribution in [3.8, 4) is 11.1 Å². The largest absolute Gasteiger partial charge is 0.452 e. The van der Waals surface area contributed by atoms with E-state index in [4.69, 9.17) is 9.47 Å². The first-order chi connectivity index (χ1) is 15.3. The van der Waals surface area contributed by atoms with Crippen molar-refractivity contribution in [2.24, 2.45) is 0 Å².